The SMILES string of the molecule is Cc1ccc(N(C)Cc2ccccc2B(O)O)c(C)c1. The van der Waals surface area contributed by atoms with E-state index in [1.165, 1.54) is 11.1 Å². The van der Waals surface area contributed by atoms with Gasteiger partial charge in [-0.3, -0.25) is 0 Å². The number of nitrogens with zero attached hydrogens (tertiary/aromatic N) is 1. The van der Waals surface area contributed by atoms with Crippen LogP contribution in [0.2, 0.25) is 0 Å². The summed E-state index contributed by atoms with van der Waals surface area (Å²) < 4.78 is 0. The average molecular weight is 269 g/mol. The molecule has 2 aromatic carbocycles. The summed E-state index contributed by atoms with van der Waals surface area (Å²) >= 11 is 0. The van der Waals surface area contributed by atoms with Gasteiger partial charge in [0.05, 0.1) is 0 Å². The zero-order valence-corrected chi connectivity index (χ0v) is 12.2. The van der Waals surface area contributed by atoms with Crippen molar-refractivity contribution in [2.24, 2.45) is 0 Å². The van der Waals surface area contributed by atoms with E-state index < -0.39 is 7.12 Å². The molecule has 2 N–H and O–H groups in total. The van der Waals surface area contributed by atoms with Crippen molar-refractivity contribution >= 4 is 18.3 Å². The van der Waals surface area contributed by atoms with Crippen LogP contribution in [0.1, 0.15) is 16.7 Å². The molecule has 0 saturated heterocycles. The van der Waals surface area contributed by atoms with Crippen molar-refractivity contribution in [1.29, 1.82) is 0 Å². The first-order valence-corrected chi connectivity index (χ1v) is 6.71. The summed E-state index contributed by atoms with van der Waals surface area (Å²) in [6.45, 7) is 4.80. The van der Waals surface area contributed by atoms with Crippen LogP contribution in [0.25, 0.3) is 0 Å². The van der Waals surface area contributed by atoms with Crippen molar-refractivity contribution in [1.82, 2.24) is 0 Å². The van der Waals surface area contributed by atoms with Crippen LogP contribution < -0.4 is 10.4 Å². The number of anilines is 1. The van der Waals surface area contributed by atoms with Gasteiger partial charge in [0.25, 0.3) is 0 Å². The minimum absolute atomic E-state index is 0.559. The van der Waals surface area contributed by atoms with Gasteiger partial charge in [0.2, 0.25) is 0 Å². The Morgan fingerprint density at radius 1 is 1.05 bits per heavy atom. The fraction of sp³-hybridized carbons (Fsp3) is 0.250. The van der Waals surface area contributed by atoms with Gasteiger partial charge in [0.15, 0.2) is 0 Å². The van der Waals surface area contributed by atoms with Crippen molar-refractivity contribution < 1.29 is 10.0 Å². The summed E-state index contributed by atoms with van der Waals surface area (Å²) in [6, 6.07) is 13.7. The molecule has 0 spiro atoms. The molecule has 0 aliphatic heterocycles. The number of aryl methyl sites for hydroxylation is 2. The first kappa shape index (κ1) is 14.6. The van der Waals surface area contributed by atoms with E-state index in [0.717, 1.165) is 11.3 Å². The molecule has 0 unspecified atom stereocenters. The van der Waals surface area contributed by atoms with Crippen LogP contribution in [0, 0.1) is 13.8 Å². The third-order valence-corrected chi connectivity index (χ3v) is 3.50. The van der Waals surface area contributed by atoms with Crippen LogP contribution in [0.3, 0.4) is 0 Å². The van der Waals surface area contributed by atoms with Gasteiger partial charge in [-0.15, -0.1) is 0 Å². The molecule has 0 radical (unpaired) electrons. The topological polar surface area (TPSA) is 43.7 Å². The molecule has 20 heavy (non-hydrogen) atoms. The van der Waals surface area contributed by atoms with E-state index in [9.17, 15) is 10.0 Å². The normalized spacial score (nSPS) is 10.4. The van der Waals surface area contributed by atoms with Gasteiger partial charge in [-0.1, -0.05) is 42.0 Å². The maximum atomic E-state index is 9.42. The quantitative estimate of drug-likeness (QED) is 0.829. The number of hydrogen-bond donors (Lipinski definition) is 2. The molecule has 4 heteroatoms. The van der Waals surface area contributed by atoms with Gasteiger partial charge in [-0.25, -0.2) is 0 Å². The first-order valence-electron chi connectivity index (χ1n) is 6.71. The maximum absolute atomic E-state index is 9.42. The van der Waals surface area contributed by atoms with Crippen LogP contribution in [-0.4, -0.2) is 24.2 Å². The van der Waals surface area contributed by atoms with Gasteiger partial charge in [-0.2, -0.15) is 0 Å². The largest absolute Gasteiger partial charge is 0.488 e. The maximum Gasteiger partial charge on any atom is 0.488 e. The molecule has 104 valence electrons. The van der Waals surface area contributed by atoms with Crippen molar-refractivity contribution in [2.75, 3.05) is 11.9 Å². The molecule has 3 nitrogen and oxygen atoms in total. The minimum Gasteiger partial charge on any atom is -0.423 e. The zero-order chi connectivity index (χ0) is 14.7. The number of rotatable bonds is 4. The molecule has 2 rings (SSSR count). The molecule has 0 amide bonds. The van der Waals surface area contributed by atoms with E-state index in [-0.39, 0.29) is 0 Å². The highest BCUT2D eigenvalue weighted by molar-refractivity contribution is 6.59. The van der Waals surface area contributed by atoms with Gasteiger partial charge < -0.3 is 14.9 Å². The molecule has 0 aliphatic rings. The first-order chi connectivity index (χ1) is 9.49. The van der Waals surface area contributed by atoms with Crippen molar-refractivity contribution in [3.8, 4) is 0 Å². The van der Waals surface area contributed by atoms with E-state index in [0.29, 0.717) is 12.0 Å². The van der Waals surface area contributed by atoms with E-state index in [2.05, 4.69) is 36.9 Å². The Morgan fingerprint density at radius 2 is 1.75 bits per heavy atom. The Labute approximate surface area is 120 Å². The Bertz CT molecular complexity index is 599. The molecule has 0 heterocycles. The van der Waals surface area contributed by atoms with Gasteiger partial charge in [0.1, 0.15) is 0 Å². The summed E-state index contributed by atoms with van der Waals surface area (Å²) in [5, 5.41) is 18.8. The van der Waals surface area contributed by atoms with Crippen LogP contribution in [0.15, 0.2) is 42.5 Å². The molecule has 0 aliphatic carbocycles. The second-order valence-corrected chi connectivity index (χ2v) is 5.22. The lowest BCUT2D eigenvalue weighted by Crippen LogP contribution is -2.35. The highest BCUT2D eigenvalue weighted by Crippen LogP contribution is 2.21. The molecular formula is C16H20BNO2. The molecule has 0 aromatic heterocycles. The second-order valence-electron chi connectivity index (χ2n) is 5.22. The summed E-state index contributed by atoms with van der Waals surface area (Å²) in [6.07, 6.45) is 0. The third kappa shape index (κ3) is 3.21. The molecule has 0 atom stereocenters. The van der Waals surface area contributed by atoms with Crippen molar-refractivity contribution in [3.63, 3.8) is 0 Å². The Hall–Kier alpha value is -1.78. The highest BCUT2D eigenvalue weighted by Gasteiger charge is 2.16. The van der Waals surface area contributed by atoms with E-state index in [4.69, 9.17) is 0 Å². The van der Waals surface area contributed by atoms with Crippen LogP contribution in [0.4, 0.5) is 5.69 Å². The standard InChI is InChI=1S/C16H20BNO2/c1-12-8-9-16(13(2)10-12)18(3)11-14-6-4-5-7-15(14)17(19)20/h4-10,19-20H,11H2,1-3H3. The van der Waals surface area contributed by atoms with Gasteiger partial charge >= 0.3 is 7.12 Å². The predicted molar refractivity (Wildman–Crippen MR) is 84.3 cm³/mol. The Morgan fingerprint density at radius 3 is 2.40 bits per heavy atom. The van der Waals surface area contributed by atoms with E-state index >= 15 is 0 Å². The number of hydrogen-bond acceptors (Lipinski definition) is 3. The minimum atomic E-state index is -1.43. The van der Waals surface area contributed by atoms with Crippen LogP contribution >= 0.6 is 0 Å². The summed E-state index contributed by atoms with van der Waals surface area (Å²) in [7, 11) is 0.580. The van der Waals surface area contributed by atoms with Crippen molar-refractivity contribution in [2.45, 2.75) is 20.4 Å². The molecule has 0 bridgehead atoms. The fourth-order valence-corrected chi connectivity index (χ4v) is 2.50. The predicted octanol–water partition coefficient (Wildman–Crippen LogP) is 1.62. The van der Waals surface area contributed by atoms with Crippen LogP contribution in [0.5, 0.6) is 0 Å². The van der Waals surface area contributed by atoms with E-state index in [1.807, 2.05) is 25.2 Å². The molecule has 0 fully saturated rings. The van der Waals surface area contributed by atoms with Crippen LogP contribution in [-0.2, 0) is 6.54 Å². The highest BCUT2D eigenvalue weighted by atomic mass is 16.4. The summed E-state index contributed by atoms with van der Waals surface area (Å²) in [5.74, 6) is 0. The average Bonchev–Trinajstić information content (AvgIpc) is 2.38. The Balaban J connectivity index is 2.26. The monoisotopic (exact) mass is 269 g/mol. The van der Waals surface area contributed by atoms with E-state index in [1.54, 1.807) is 6.07 Å². The Kier molecular flexibility index (Phi) is 4.48. The van der Waals surface area contributed by atoms with Crippen molar-refractivity contribution in [3.05, 3.63) is 59.2 Å². The lowest BCUT2D eigenvalue weighted by molar-refractivity contribution is 0.425. The summed E-state index contributed by atoms with van der Waals surface area (Å²) in [4.78, 5) is 2.12. The van der Waals surface area contributed by atoms with Gasteiger partial charge in [-0.05, 0) is 36.5 Å². The molecule has 0 saturated carbocycles. The zero-order valence-electron chi connectivity index (χ0n) is 12.2. The molecule has 2 aromatic rings. The summed E-state index contributed by atoms with van der Waals surface area (Å²) in [5.41, 5.74) is 5.09. The fourth-order valence-electron chi connectivity index (χ4n) is 2.50. The smallest absolute Gasteiger partial charge is 0.423 e. The lowest BCUT2D eigenvalue weighted by atomic mass is 9.77. The second kappa shape index (κ2) is 6.12. The van der Waals surface area contributed by atoms with Gasteiger partial charge in [0, 0.05) is 19.3 Å². The third-order valence-electron chi connectivity index (χ3n) is 3.50. The number of benzene rings is 2. The molecular weight excluding hydrogens is 249 g/mol. The lowest BCUT2D eigenvalue weighted by Gasteiger charge is -2.23.